The number of hydrogen-bond acceptors (Lipinski definition) is 6. The van der Waals surface area contributed by atoms with Crippen molar-refractivity contribution in [2.75, 3.05) is 13.7 Å². The number of guanidine groups is 1. The number of hydrogen-bond donors (Lipinski definition) is 2. The average molecular weight is 424 g/mol. The summed E-state index contributed by atoms with van der Waals surface area (Å²) in [5, 5.41) is 10.6. The molecule has 164 valence electrons. The Morgan fingerprint density at radius 3 is 2.65 bits per heavy atom. The van der Waals surface area contributed by atoms with Crippen molar-refractivity contribution >= 4 is 5.96 Å². The first-order valence-corrected chi connectivity index (χ1v) is 10.3. The van der Waals surface area contributed by atoms with Gasteiger partial charge in [-0.05, 0) is 30.5 Å². The van der Waals surface area contributed by atoms with Crippen molar-refractivity contribution in [2.45, 2.75) is 39.8 Å². The molecule has 0 atom stereocenters. The Labute approximate surface area is 182 Å². The zero-order chi connectivity index (χ0) is 22.1. The maximum absolute atomic E-state index is 5.78. The fraction of sp³-hybridized carbons (Fsp3) is 0.348. The van der Waals surface area contributed by atoms with Crippen LogP contribution in [0.3, 0.4) is 0 Å². The standard InChI is InChI=1S/C23H29N5O3/c1-5-24-23(27-15-20-12-21(16(2)3)28-31-20)26-14-17-9-10-22(25-13-17)30-19-8-6-7-18(11-19)29-4/h6-13,16H,5,14-15H2,1-4H3,(H2,24,26,27). The van der Waals surface area contributed by atoms with E-state index in [1.165, 1.54) is 0 Å². The Morgan fingerprint density at radius 1 is 1.13 bits per heavy atom. The lowest BCUT2D eigenvalue weighted by atomic mass is 10.1. The predicted octanol–water partition coefficient (Wildman–Crippen LogP) is 4.25. The molecule has 3 aromatic rings. The number of nitrogens with one attached hydrogen (secondary N) is 2. The average Bonchev–Trinajstić information content (AvgIpc) is 3.26. The van der Waals surface area contributed by atoms with E-state index < -0.39 is 0 Å². The number of aromatic nitrogens is 2. The van der Waals surface area contributed by atoms with Gasteiger partial charge in [-0.1, -0.05) is 31.1 Å². The minimum absolute atomic E-state index is 0.336. The molecule has 2 heterocycles. The van der Waals surface area contributed by atoms with Crippen LogP contribution in [0.1, 0.15) is 43.7 Å². The molecule has 8 nitrogen and oxygen atoms in total. The quantitative estimate of drug-likeness (QED) is 0.392. The Hall–Kier alpha value is -3.55. The number of ether oxygens (including phenoxy) is 2. The molecule has 0 fully saturated rings. The maximum Gasteiger partial charge on any atom is 0.219 e. The smallest absolute Gasteiger partial charge is 0.219 e. The van der Waals surface area contributed by atoms with E-state index in [0.717, 1.165) is 29.3 Å². The Morgan fingerprint density at radius 2 is 1.97 bits per heavy atom. The molecule has 0 saturated heterocycles. The third-order valence-corrected chi connectivity index (χ3v) is 4.42. The van der Waals surface area contributed by atoms with Crippen molar-refractivity contribution in [3.05, 3.63) is 65.7 Å². The summed E-state index contributed by atoms with van der Waals surface area (Å²) in [6.45, 7) is 7.94. The van der Waals surface area contributed by atoms with Gasteiger partial charge in [-0.15, -0.1) is 0 Å². The fourth-order valence-corrected chi connectivity index (χ4v) is 2.72. The van der Waals surface area contributed by atoms with Gasteiger partial charge < -0.3 is 24.6 Å². The van der Waals surface area contributed by atoms with Crippen LogP contribution in [-0.2, 0) is 13.1 Å². The maximum atomic E-state index is 5.78. The third-order valence-electron chi connectivity index (χ3n) is 4.42. The Balaban J connectivity index is 1.57. The van der Waals surface area contributed by atoms with Gasteiger partial charge in [-0.25, -0.2) is 9.98 Å². The van der Waals surface area contributed by atoms with Crippen molar-refractivity contribution in [1.82, 2.24) is 20.8 Å². The van der Waals surface area contributed by atoms with Crippen molar-refractivity contribution in [3.8, 4) is 17.4 Å². The van der Waals surface area contributed by atoms with Crippen LogP contribution < -0.4 is 20.1 Å². The van der Waals surface area contributed by atoms with Crippen molar-refractivity contribution in [3.63, 3.8) is 0 Å². The predicted molar refractivity (Wildman–Crippen MR) is 120 cm³/mol. The zero-order valence-corrected chi connectivity index (χ0v) is 18.4. The summed E-state index contributed by atoms with van der Waals surface area (Å²) in [6, 6.07) is 13.1. The molecule has 0 aliphatic heterocycles. The van der Waals surface area contributed by atoms with Crippen LogP contribution in [0.15, 0.2) is 58.2 Å². The minimum atomic E-state index is 0.336. The molecule has 0 bridgehead atoms. The molecule has 0 unspecified atom stereocenters. The van der Waals surface area contributed by atoms with Crippen molar-refractivity contribution in [2.24, 2.45) is 4.99 Å². The van der Waals surface area contributed by atoms with Crippen LogP contribution in [0.25, 0.3) is 0 Å². The first-order chi connectivity index (χ1) is 15.1. The number of benzene rings is 1. The first-order valence-electron chi connectivity index (χ1n) is 10.3. The van der Waals surface area contributed by atoms with Crippen LogP contribution in [0.4, 0.5) is 0 Å². The van der Waals surface area contributed by atoms with E-state index in [-0.39, 0.29) is 0 Å². The third kappa shape index (κ3) is 6.74. The van der Waals surface area contributed by atoms with Crippen LogP contribution in [0, 0.1) is 0 Å². The minimum Gasteiger partial charge on any atom is -0.497 e. The van der Waals surface area contributed by atoms with E-state index in [1.807, 2.05) is 49.4 Å². The highest BCUT2D eigenvalue weighted by Gasteiger charge is 2.08. The monoisotopic (exact) mass is 423 g/mol. The molecular weight excluding hydrogens is 394 g/mol. The number of methoxy groups -OCH3 is 1. The van der Waals surface area contributed by atoms with E-state index in [0.29, 0.717) is 36.6 Å². The molecule has 0 radical (unpaired) electrons. The summed E-state index contributed by atoms with van der Waals surface area (Å²) in [5.74, 6) is 3.72. The van der Waals surface area contributed by atoms with Gasteiger partial charge in [0.15, 0.2) is 11.7 Å². The number of pyridine rings is 1. The van der Waals surface area contributed by atoms with Gasteiger partial charge in [0, 0.05) is 30.9 Å². The summed E-state index contributed by atoms with van der Waals surface area (Å²) in [5.41, 5.74) is 1.91. The molecule has 0 aliphatic rings. The molecule has 0 saturated carbocycles. The van der Waals surface area contributed by atoms with E-state index in [1.54, 1.807) is 13.3 Å². The molecule has 0 aliphatic carbocycles. The van der Waals surface area contributed by atoms with Gasteiger partial charge in [0.05, 0.1) is 25.9 Å². The van der Waals surface area contributed by atoms with E-state index in [2.05, 4.69) is 39.6 Å². The van der Waals surface area contributed by atoms with E-state index >= 15 is 0 Å². The van der Waals surface area contributed by atoms with Gasteiger partial charge in [-0.3, -0.25) is 0 Å². The Bertz CT molecular complexity index is 983. The number of aliphatic imine (C=N–C) groups is 1. The largest absolute Gasteiger partial charge is 0.497 e. The molecule has 31 heavy (non-hydrogen) atoms. The molecule has 2 N–H and O–H groups in total. The van der Waals surface area contributed by atoms with Crippen molar-refractivity contribution in [1.29, 1.82) is 0 Å². The summed E-state index contributed by atoms with van der Waals surface area (Å²) in [6.07, 6.45) is 1.76. The molecule has 2 aromatic heterocycles. The molecule has 0 spiro atoms. The first kappa shape index (κ1) is 22.1. The van der Waals surface area contributed by atoms with Crippen LogP contribution >= 0.6 is 0 Å². The highest BCUT2D eigenvalue weighted by molar-refractivity contribution is 5.79. The second-order valence-corrected chi connectivity index (χ2v) is 7.21. The molecule has 1 aromatic carbocycles. The topological polar surface area (TPSA) is 93.8 Å². The molecular formula is C23H29N5O3. The van der Waals surface area contributed by atoms with Gasteiger partial charge in [0.2, 0.25) is 5.88 Å². The summed E-state index contributed by atoms with van der Waals surface area (Å²) in [4.78, 5) is 8.98. The second-order valence-electron chi connectivity index (χ2n) is 7.21. The number of nitrogens with zero attached hydrogens (tertiary/aromatic N) is 3. The van der Waals surface area contributed by atoms with Gasteiger partial charge >= 0.3 is 0 Å². The zero-order valence-electron chi connectivity index (χ0n) is 18.4. The van der Waals surface area contributed by atoms with Gasteiger partial charge in [-0.2, -0.15) is 0 Å². The summed E-state index contributed by atoms with van der Waals surface area (Å²) >= 11 is 0. The van der Waals surface area contributed by atoms with Crippen LogP contribution in [0.5, 0.6) is 17.4 Å². The highest BCUT2D eigenvalue weighted by atomic mass is 16.5. The van der Waals surface area contributed by atoms with Crippen molar-refractivity contribution < 1.29 is 14.0 Å². The lowest BCUT2D eigenvalue weighted by Crippen LogP contribution is -2.36. The lowest BCUT2D eigenvalue weighted by molar-refractivity contribution is 0.372. The highest BCUT2D eigenvalue weighted by Crippen LogP contribution is 2.23. The summed E-state index contributed by atoms with van der Waals surface area (Å²) in [7, 11) is 1.62. The second kappa shape index (κ2) is 11.0. The Kier molecular flexibility index (Phi) is 7.86. The van der Waals surface area contributed by atoms with E-state index in [9.17, 15) is 0 Å². The van der Waals surface area contributed by atoms with Gasteiger partial charge in [0.25, 0.3) is 0 Å². The molecule has 0 amide bonds. The number of rotatable bonds is 9. The molecule has 3 rings (SSSR count). The molecule has 8 heteroatoms. The van der Waals surface area contributed by atoms with E-state index in [4.69, 9.17) is 14.0 Å². The SMILES string of the molecule is CCNC(=NCc1ccc(Oc2cccc(OC)c2)nc1)NCc1cc(C(C)C)no1. The normalized spacial score (nSPS) is 11.5. The fourth-order valence-electron chi connectivity index (χ4n) is 2.72. The van der Waals surface area contributed by atoms with Crippen LogP contribution in [-0.4, -0.2) is 29.8 Å². The summed E-state index contributed by atoms with van der Waals surface area (Å²) < 4.78 is 16.4. The van der Waals surface area contributed by atoms with Crippen LogP contribution in [0.2, 0.25) is 0 Å². The lowest BCUT2D eigenvalue weighted by Gasteiger charge is -2.10. The van der Waals surface area contributed by atoms with Gasteiger partial charge in [0.1, 0.15) is 11.5 Å².